The normalized spacial score (nSPS) is 27.5. The molecule has 2 aliphatic rings. The third-order valence-corrected chi connectivity index (χ3v) is 4.88. The Morgan fingerprint density at radius 3 is 3.04 bits per heavy atom. The smallest absolute Gasteiger partial charge is 0.272 e. The first-order valence-corrected chi connectivity index (χ1v) is 8.77. The van der Waals surface area contributed by atoms with E-state index in [1.165, 1.54) is 19.3 Å². The number of rotatable bonds is 7. The molecule has 1 aromatic rings. The monoisotopic (exact) mass is 340 g/mol. The van der Waals surface area contributed by atoms with Crippen LogP contribution in [0.4, 0.5) is 8.78 Å². The number of ether oxygens (including phenoxy) is 2. The first kappa shape index (κ1) is 17.6. The van der Waals surface area contributed by atoms with E-state index in [0.717, 1.165) is 31.9 Å². The summed E-state index contributed by atoms with van der Waals surface area (Å²) in [6.45, 7) is 2.68. The highest BCUT2D eigenvalue weighted by atomic mass is 19.3. The Bertz CT molecular complexity index is 510. The highest BCUT2D eigenvalue weighted by Gasteiger charge is 2.34. The van der Waals surface area contributed by atoms with Crippen LogP contribution in [0.3, 0.4) is 0 Å². The number of hydrogen-bond donors (Lipinski definition) is 2. The van der Waals surface area contributed by atoms with Gasteiger partial charge in [-0.05, 0) is 36.5 Å². The number of hydrogen-bond acceptors (Lipinski definition) is 4. The van der Waals surface area contributed by atoms with Gasteiger partial charge >= 0.3 is 0 Å². The second-order valence-corrected chi connectivity index (χ2v) is 6.57. The third kappa shape index (κ3) is 4.88. The molecule has 24 heavy (non-hydrogen) atoms. The molecule has 3 unspecified atom stereocenters. The van der Waals surface area contributed by atoms with Crippen LogP contribution in [-0.4, -0.2) is 44.9 Å². The first-order valence-electron chi connectivity index (χ1n) is 8.77. The summed E-state index contributed by atoms with van der Waals surface area (Å²) < 4.78 is 35.2. The SMILES string of the molecule is FC(F)COc1cccc(CNC2CCCC2C2COCCN2)c1. The zero-order chi connectivity index (χ0) is 16.8. The van der Waals surface area contributed by atoms with E-state index in [9.17, 15) is 8.78 Å². The van der Waals surface area contributed by atoms with Gasteiger partial charge < -0.3 is 20.1 Å². The molecule has 2 fully saturated rings. The van der Waals surface area contributed by atoms with E-state index >= 15 is 0 Å². The Kier molecular flexibility index (Phi) is 6.40. The van der Waals surface area contributed by atoms with Crippen LogP contribution in [0.25, 0.3) is 0 Å². The Balaban J connectivity index is 1.51. The molecule has 0 bridgehead atoms. The summed E-state index contributed by atoms with van der Waals surface area (Å²) in [6.07, 6.45) is 1.18. The topological polar surface area (TPSA) is 42.5 Å². The van der Waals surface area contributed by atoms with Crippen molar-refractivity contribution in [3.05, 3.63) is 29.8 Å². The molecule has 134 valence electrons. The highest BCUT2D eigenvalue weighted by molar-refractivity contribution is 5.28. The average Bonchev–Trinajstić information content (AvgIpc) is 3.08. The van der Waals surface area contributed by atoms with E-state index in [2.05, 4.69) is 10.6 Å². The molecule has 1 saturated carbocycles. The van der Waals surface area contributed by atoms with Crippen molar-refractivity contribution in [1.82, 2.24) is 10.6 Å². The van der Waals surface area contributed by atoms with Crippen molar-refractivity contribution in [2.24, 2.45) is 5.92 Å². The van der Waals surface area contributed by atoms with Crippen LogP contribution in [0.2, 0.25) is 0 Å². The molecule has 0 amide bonds. The van der Waals surface area contributed by atoms with Crippen LogP contribution in [0.5, 0.6) is 5.75 Å². The van der Waals surface area contributed by atoms with Gasteiger partial charge in [-0.3, -0.25) is 0 Å². The van der Waals surface area contributed by atoms with Crippen LogP contribution in [0.15, 0.2) is 24.3 Å². The van der Waals surface area contributed by atoms with Crippen molar-refractivity contribution in [3.63, 3.8) is 0 Å². The lowest BCUT2D eigenvalue weighted by molar-refractivity contribution is 0.0524. The van der Waals surface area contributed by atoms with Crippen LogP contribution >= 0.6 is 0 Å². The van der Waals surface area contributed by atoms with Gasteiger partial charge in [0.2, 0.25) is 0 Å². The molecular formula is C18H26F2N2O2. The first-order chi connectivity index (χ1) is 11.7. The van der Waals surface area contributed by atoms with Gasteiger partial charge in [-0.1, -0.05) is 18.6 Å². The molecule has 3 atom stereocenters. The average molecular weight is 340 g/mol. The molecule has 1 aliphatic heterocycles. The largest absolute Gasteiger partial charge is 0.488 e. The van der Waals surface area contributed by atoms with Gasteiger partial charge in [0, 0.05) is 25.2 Å². The van der Waals surface area contributed by atoms with Crippen LogP contribution in [-0.2, 0) is 11.3 Å². The van der Waals surface area contributed by atoms with Gasteiger partial charge in [0.15, 0.2) is 0 Å². The molecule has 1 heterocycles. The second kappa shape index (κ2) is 8.74. The van der Waals surface area contributed by atoms with E-state index in [1.54, 1.807) is 6.07 Å². The van der Waals surface area contributed by atoms with Gasteiger partial charge in [-0.2, -0.15) is 0 Å². The van der Waals surface area contributed by atoms with Crippen molar-refractivity contribution >= 4 is 0 Å². The fraction of sp³-hybridized carbons (Fsp3) is 0.667. The second-order valence-electron chi connectivity index (χ2n) is 6.57. The van der Waals surface area contributed by atoms with Gasteiger partial charge in [-0.15, -0.1) is 0 Å². The zero-order valence-corrected chi connectivity index (χ0v) is 13.8. The zero-order valence-electron chi connectivity index (χ0n) is 13.8. The quantitative estimate of drug-likeness (QED) is 0.801. The van der Waals surface area contributed by atoms with Crippen molar-refractivity contribution in [1.29, 1.82) is 0 Å². The predicted molar refractivity (Wildman–Crippen MR) is 88.5 cm³/mol. The summed E-state index contributed by atoms with van der Waals surface area (Å²) in [7, 11) is 0. The van der Waals surface area contributed by atoms with E-state index in [0.29, 0.717) is 23.8 Å². The Morgan fingerprint density at radius 1 is 1.33 bits per heavy atom. The van der Waals surface area contributed by atoms with E-state index < -0.39 is 13.0 Å². The summed E-state index contributed by atoms with van der Waals surface area (Å²) in [5.41, 5.74) is 1.06. The Morgan fingerprint density at radius 2 is 2.25 bits per heavy atom. The maximum absolute atomic E-state index is 12.2. The van der Waals surface area contributed by atoms with Gasteiger partial charge in [0.05, 0.1) is 13.2 Å². The van der Waals surface area contributed by atoms with Crippen molar-refractivity contribution in [2.45, 2.75) is 44.3 Å². The molecule has 0 spiro atoms. The van der Waals surface area contributed by atoms with Crippen molar-refractivity contribution in [3.8, 4) is 5.75 Å². The maximum Gasteiger partial charge on any atom is 0.272 e. The van der Waals surface area contributed by atoms with Gasteiger partial charge in [0.1, 0.15) is 12.4 Å². The van der Waals surface area contributed by atoms with Gasteiger partial charge in [-0.25, -0.2) is 8.78 Å². The molecule has 3 rings (SSSR count). The van der Waals surface area contributed by atoms with Crippen molar-refractivity contribution < 1.29 is 18.3 Å². The summed E-state index contributed by atoms with van der Waals surface area (Å²) in [6, 6.07) is 8.29. The standard InChI is InChI=1S/C18H26F2N2O2/c19-18(20)12-24-14-4-1-3-13(9-14)10-22-16-6-2-5-15(16)17-11-23-8-7-21-17/h1,3-4,9,15-18,21-22H,2,5-8,10-12H2. The molecule has 0 radical (unpaired) electrons. The fourth-order valence-corrected chi connectivity index (χ4v) is 3.74. The molecular weight excluding hydrogens is 314 g/mol. The van der Waals surface area contributed by atoms with E-state index in [-0.39, 0.29) is 0 Å². The molecule has 6 heteroatoms. The maximum atomic E-state index is 12.2. The summed E-state index contributed by atoms with van der Waals surface area (Å²) in [4.78, 5) is 0. The molecule has 1 aromatic carbocycles. The number of benzene rings is 1. The molecule has 0 aromatic heterocycles. The minimum Gasteiger partial charge on any atom is -0.488 e. The summed E-state index contributed by atoms with van der Waals surface area (Å²) in [5.74, 6) is 1.09. The van der Waals surface area contributed by atoms with Crippen LogP contribution in [0, 0.1) is 5.92 Å². The molecule has 1 aliphatic carbocycles. The number of morpholine rings is 1. The molecule has 4 nitrogen and oxygen atoms in total. The highest BCUT2D eigenvalue weighted by Crippen LogP contribution is 2.29. The minimum absolute atomic E-state index is 0.430. The molecule has 2 N–H and O–H groups in total. The lowest BCUT2D eigenvalue weighted by Crippen LogP contribution is -2.50. The van der Waals surface area contributed by atoms with Crippen LogP contribution in [0.1, 0.15) is 24.8 Å². The minimum atomic E-state index is -2.45. The lowest BCUT2D eigenvalue weighted by Gasteiger charge is -2.33. The van der Waals surface area contributed by atoms with E-state index in [4.69, 9.17) is 9.47 Å². The van der Waals surface area contributed by atoms with Crippen molar-refractivity contribution in [2.75, 3.05) is 26.4 Å². The number of nitrogens with one attached hydrogen (secondary N) is 2. The molecule has 1 saturated heterocycles. The summed E-state index contributed by atoms with van der Waals surface area (Å²) >= 11 is 0. The summed E-state index contributed by atoms with van der Waals surface area (Å²) in [5, 5.41) is 7.21. The number of alkyl halides is 2. The fourth-order valence-electron chi connectivity index (χ4n) is 3.74. The third-order valence-electron chi connectivity index (χ3n) is 4.88. The van der Waals surface area contributed by atoms with E-state index in [1.807, 2.05) is 18.2 Å². The van der Waals surface area contributed by atoms with Crippen LogP contribution < -0.4 is 15.4 Å². The Labute approximate surface area is 141 Å². The Hall–Kier alpha value is -1.24. The number of halogens is 2. The van der Waals surface area contributed by atoms with Gasteiger partial charge in [0.25, 0.3) is 6.43 Å². The predicted octanol–water partition coefficient (Wildman–Crippen LogP) is 2.58. The lowest BCUT2D eigenvalue weighted by atomic mass is 9.94.